The molecule has 3 heteroatoms. The van der Waals surface area contributed by atoms with Crippen LogP contribution in [0.4, 0.5) is 0 Å². The Morgan fingerprint density at radius 3 is 2.45 bits per heavy atom. The number of rotatable bonds is 2. The molecule has 0 aromatic heterocycles. The van der Waals surface area contributed by atoms with Gasteiger partial charge in [0, 0.05) is 17.8 Å². The van der Waals surface area contributed by atoms with E-state index in [0.29, 0.717) is 19.1 Å². The van der Waals surface area contributed by atoms with Crippen molar-refractivity contribution < 1.29 is 14.3 Å². The quantitative estimate of drug-likeness (QED) is 0.727. The molecule has 3 aliphatic rings. The van der Waals surface area contributed by atoms with Crippen molar-refractivity contribution in [3.8, 4) is 0 Å². The molecule has 0 aromatic rings. The molecular formula is C17H26O3. The maximum Gasteiger partial charge on any atom is 0.173 e. The first-order chi connectivity index (χ1) is 9.41. The molecular weight excluding hydrogens is 252 g/mol. The van der Waals surface area contributed by atoms with Gasteiger partial charge in [-0.2, -0.15) is 0 Å². The van der Waals surface area contributed by atoms with E-state index in [2.05, 4.69) is 26.5 Å². The van der Waals surface area contributed by atoms with Gasteiger partial charge in [0.2, 0.25) is 0 Å². The van der Waals surface area contributed by atoms with E-state index < -0.39 is 5.79 Å². The van der Waals surface area contributed by atoms with Crippen molar-refractivity contribution in [1.82, 2.24) is 0 Å². The number of ketones is 1. The first-order valence-corrected chi connectivity index (χ1v) is 7.84. The van der Waals surface area contributed by atoms with Crippen molar-refractivity contribution >= 4 is 5.78 Å². The minimum Gasteiger partial charge on any atom is -0.347 e. The lowest BCUT2D eigenvalue weighted by Crippen LogP contribution is -2.57. The molecule has 2 aliphatic carbocycles. The molecule has 3 fully saturated rings. The summed E-state index contributed by atoms with van der Waals surface area (Å²) in [5, 5.41) is 0. The average molecular weight is 278 g/mol. The molecule has 2 saturated carbocycles. The van der Waals surface area contributed by atoms with Crippen LogP contribution in [-0.2, 0) is 14.3 Å². The third kappa shape index (κ3) is 1.57. The van der Waals surface area contributed by atoms with E-state index in [1.807, 2.05) is 0 Å². The Balaban J connectivity index is 2.14. The summed E-state index contributed by atoms with van der Waals surface area (Å²) in [6.45, 7) is 11.5. The van der Waals surface area contributed by atoms with Crippen molar-refractivity contribution in [2.24, 2.45) is 22.7 Å². The van der Waals surface area contributed by atoms with E-state index in [-0.39, 0.29) is 22.5 Å². The summed E-state index contributed by atoms with van der Waals surface area (Å²) in [4.78, 5) is 12.5. The number of ether oxygens (including phenoxy) is 2. The van der Waals surface area contributed by atoms with Crippen LogP contribution in [0.15, 0.2) is 12.7 Å². The highest BCUT2D eigenvalue weighted by Gasteiger charge is 2.68. The zero-order chi connectivity index (χ0) is 14.6. The predicted molar refractivity (Wildman–Crippen MR) is 77.2 cm³/mol. The average Bonchev–Trinajstić information content (AvgIpc) is 3.02. The molecule has 0 N–H and O–H groups in total. The van der Waals surface area contributed by atoms with Crippen molar-refractivity contribution in [2.75, 3.05) is 13.2 Å². The summed E-state index contributed by atoms with van der Waals surface area (Å²) >= 11 is 0. The number of fused-ring (bicyclic) bond motifs is 2. The van der Waals surface area contributed by atoms with Gasteiger partial charge in [-0.15, -0.1) is 6.58 Å². The summed E-state index contributed by atoms with van der Waals surface area (Å²) in [5.74, 6) is 0.175. The van der Waals surface area contributed by atoms with Crippen LogP contribution < -0.4 is 0 Å². The molecule has 1 spiro atoms. The topological polar surface area (TPSA) is 35.5 Å². The highest BCUT2D eigenvalue weighted by atomic mass is 16.7. The predicted octanol–water partition coefficient (Wildman–Crippen LogP) is 3.34. The third-order valence-corrected chi connectivity index (χ3v) is 6.56. The van der Waals surface area contributed by atoms with Crippen molar-refractivity contribution in [3.63, 3.8) is 0 Å². The monoisotopic (exact) mass is 278 g/mol. The Bertz CT molecular complexity index is 438. The van der Waals surface area contributed by atoms with E-state index in [4.69, 9.17) is 9.47 Å². The Morgan fingerprint density at radius 1 is 1.25 bits per heavy atom. The van der Waals surface area contributed by atoms with Crippen LogP contribution in [0.3, 0.4) is 0 Å². The molecule has 1 heterocycles. The lowest BCUT2D eigenvalue weighted by atomic mass is 9.50. The zero-order valence-corrected chi connectivity index (χ0v) is 12.9. The second-order valence-corrected chi connectivity index (χ2v) is 7.16. The number of Topliss-reactive ketones (excluding diaryl/α,β-unsaturated/α-hetero) is 1. The highest BCUT2D eigenvalue weighted by Crippen LogP contribution is 2.67. The van der Waals surface area contributed by atoms with Crippen LogP contribution >= 0.6 is 0 Å². The van der Waals surface area contributed by atoms with Gasteiger partial charge in [0.25, 0.3) is 0 Å². The van der Waals surface area contributed by atoms with E-state index >= 15 is 0 Å². The Morgan fingerprint density at radius 2 is 1.90 bits per heavy atom. The van der Waals surface area contributed by atoms with Gasteiger partial charge in [0.15, 0.2) is 5.79 Å². The van der Waals surface area contributed by atoms with Gasteiger partial charge in [-0.05, 0) is 37.5 Å². The molecule has 3 nitrogen and oxygen atoms in total. The van der Waals surface area contributed by atoms with E-state index in [1.54, 1.807) is 6.92 Å². The highest BCUT2D eigenvalue weighted by molar-refractivity contribution is 5.83. The van der Waals surface area contributed by atoms with Gasteiger partial charge in [-0.3, -0.25) is 4.79 Å². The van der Waals surface area contributed by atoms with Gasteiger partial charge >= 0.3 is 0 Å². The van der Waals surface area contributed by atoms with Crippen molar-refractivity contribution in [1.29, 1.82) is 0 Å². The second kappa shape index (κ2) is 4.41. The first kappa shape index (κ1) is 14.3. The number of carbonyl (C=O) groups excluding carboxylic acids is 1. The summed E-state index contributed by atoms with van der Waals surface area (Å²) < 4.78 is 12.1. The molecule has 112 valence electrons. The minimum absolute atomic E-state index is 0.00271. The molecule has 20 heavy (non-hydrogen) atoms. The summed E-state index contributed by atoms with van der Waals surface area (Å²) in [7, 11) is 0. The summed E-state index contributed by atoms with van der Waals surface area (Å²) in [6.07, 6.45) is 6.18. The van der Waals surface area contributed by atoms with Crippen LogP contribution in [0.2, 0.25) is 0 Å². The molecule has 3 rings (SSSR count). The molecule has 1 saturated heterocycles. The molecule has 1 aliphatic heterocycles. The fourth-order valence-electron chi connectivity index (χ4n) is 5.18. The third-order valence-electron chi connectivity index (χ3n) is 6.56. The normalized spacial score (nSPS) is 46.4. The van der Waals surface area contributed by atoms with Gasteiger partial charge in [-0.1, -0.05) is 19.9 Å². The van der Waals surface area contributed by atoms with Crippen LogP contribution in [0, 0.1) is 22.7 Å². The van der Waals surface area contributed by atoms with Gasteiger partial charge in [0.1, 0.15) is 5.78 Å². The number of hydrogen-bond acceptors (Lipinski definition) is 3. The van der Waals surface area contributed by atoms with Crippen LogP contribution in [0.1, 0.15) is 46.5 Å². The lowest BCUT2D eigenvalue weighted by molar-refractivity contribution is -0.232. The zero-order valence-electron chi connectivity index (χ0n) is 12.9. The molecule has 0 bridgehead atoms. The van der Waals surface area contributed by atoms with Gasteiger partial charge in [0.05, 0.1) is 13.2 Å². The van der Waals surface area contributed by atoms with Crippen LogP contribution in [0.5, 0.6) is 0 Å². The van der Waals surface area contributed by atoms with E-state index in [1.165, 1.54) is 0 Å². The largest absolute Gasteiger partial charge is 0.347 e. The maximum absolute atomic E-state index is 12.5. The maximum atomic E-state index is 12.5. The molecule has 0 radical (unpaired) electrons. The van der Waals surface area contributed by atoms with Crippen LogP contribution in [-0.4, -0.2) is 24.8 Å². The fourth-order valence-corrected chi connectivity index (χ4v) is 5.18. The SMILES string of the molecule is C=CC12CC[C@@H](C)[C@@](C)(C(C)=O)C1C1(CC2)OCCO1. The minimum atomic E-state index is -0.552. The Hall–Kier alpha value is -0.670. The molecule has 0 aromatic carbocycles. The molecule has 0 amide bonds. The Labute approximate surface area is 121 Å². The van der Waals surface area contributed by atoms with E-state index in [9.17, 15) is 4.79 Å². The van der Waals surface area contributed by atoms with E-state index in [0.717, 1.165) is 25.7 Å². The Kier molecular flexibility index (Phi) is 3.15. The van der Waals surface area contributed by atoms with Crippen LogP contribution in [0.25, 0.3) is 0 Å². The first-order valence-electron chi connectivity index (χ1n) is 7.84. The number of carbonyl (C=O) groups is 1. The molecule has 4 atom stereocenters. The molecule has 2 unspecified atom stereocenters. The lowest BCUT2D eigenvalue weighted by Gasteiger charge is -2.54. The second-order valence-electron chi connectivity index (χ2n) is 7.16. The number of allylic oxidation sites excluding steroid dienone is 1. The smallest absolute Gasteiger partial charge is 0.173 e. The van der Waals surface area contributed by atoms with Gasteiger partial charge in [-0.25, -0.2) is 0 Å². The van der Waals surface area contributed by atoms with Gasteiger partial charge < -0.3 is 9.47 Å². The fraction of sp³-hybridized carbons (Fsp3) is 0.824. The summed E-state index contributed by atoms with van der Waals surface area (Å²) in [6, 6.07) is 0. The summed E-state index contributed by atoms with van der Waals surface area (Å²) in [5.41, 5.74) is -0.384. The standard InChI is InChI=1S/C17H26O3/c1-5-16-7-6-12(2)15(4,13(3)18)14(16)17(9-8-16)19-10-11-20-17/h5,12,14H,1,6-11H2,2-4H3/t12-,14?,15+,16?/m1/s1. The van der Waals surface area contributed by atoms with Crippen molar-refractivity contribution in [3.05, 3.63) is 12.7 Å². The van der Waals surface area contributed by atoms with Crippen molar-refractivity contribution in [2.45, 2.75) is 52.2 Å². The number of hydrogen-bond donors (Lipinski definition) is 0.